The van der Waals surface area contributed by atoms with Crippen molar-refractivity contribution in [2.75, 3.05) is 18.2 Å². The highest BCUT2D eigenvalue weighted by Crippen LogP contribution is 2.22. The smallest absolute Gasteiger partial charge is 0.228 e. The van der Waals surface area contributed by atoms with Gasteiger partial charge < -0.3 is 4.90 Å². The fourth-order valence-corrected chi connectivity index (χ4v) is 3.15. The molecule has 2 rings (SSSR count). The van der Waals surface area contributed by atoms with Crippen molar-refractivity contribution < 1.29 is 13.2 Å². The van der Waals surface area contributed by atoms with Crippen LogP contribution in [0.4, 0.5) is 5.69 Å². The van der Waals surface area contributed by atoms with E-state index in [4.69, 9.17) is 11.6 Å². The van der Waals surface area contributed by atoms with Crippen LogP contribution < -0.4 is 9.62 Å². The molecule has 0 spiro atoms. The fourth-order valence-electron chi connectivity index (χ4n) is 2.29. The van der Waals surface area contributed by atoms with Gasteiger partial charge in [-0.1, -0.05) is 41.9 Å². The summed E-state index contributed by atoms with van der Waals surface area (Å²) in [5.41, 5.74) is 1.43. The Hall–Kier alpha value is -1.89. The molecule has 7 heteroatoms. The van der Waals surface area contributed by atoms with Crippen LogP contribution in [0.5, 0.6) is 0 Å². The molecule has 24 heavy (non-hydrogen) atoms. The Labute approximate surface area is 147 Å². The van der Waals surface area contributed by atoms with Crippen molar-refractivity contribution in [3.05, 3.63) is 65.2 Å². The molecule has 5 nitrogen and oxygen atoms in total. The Morgan fingerprint density at radius 3 is 2.25 bits per heavy atom. The van der Waals surface area contributed by atoms with Crippen LogP contribution in [0, 0.1) is 0 Å². The first-order valence-corrected chi connectivity index (χ1v) is 9.57. The van der Waals surface area contributed by atoms with Gasteiger partial charge in [-0.25, -0.2) is 13.1 Å². The first kappa shape index (κ1) is 18.4. The number of amides is 1. The van der Waals surface area contributed by atoms with Gasteiger partial charge in [-0.05, 0) is 29.8 Å². The zero-order valence-electron chi connectivity index (χ0n) is 13.4. The molecule has 2 aromatic carbocycles. The molecule has 0 bridgehead atoms. The summed E-state index contributed by atoms with van der Waals surface area (Å²) in [6.45, 7) is 0. The van der Waals surface area contributed by atoms with Crippen LogP contribution in [-0.4, -0.2) is 27.6 Å². The van der Waals surface area contributed by atoms with E-state index in [9.17, 15) is 13.2 Å². The monoisotopic (exact) mass is 366 g/mol. The lowest BCUT2D eigenvalue weighted by molar-refractivity contribution is -0.118. The summed E-state index contributed by atoms with van der Waals surface area (Å²) < 4.78 is 25.8. The summed E-state index contributed by atoms with van der Waals surface area (Å²) >= 11 is 5.87. The van der Waals surface area contributed by atoms with E-state index in [1.54, 1.807) is 31.3 Å². The molecule has 0 radical (unpaired) electrons. The molecule has 0 aliphatic carbocycles. The molecule has 0 aliphatic heterocycles. The zero-order chi connectivity index (χ0) is 17.7. The van der Waals surface area contributed by atoms with E-state index < -0.39 is 16.1 Å². The molecule has 0 aromatic heterocycles. The third kappa shape index (κ3) is 5.33. The van der Waals surface area contributed by atoms with E-state index in [-0.39, 0.29) is 12.3 Å². The number of para-hydroxylation sites is 1. The minimum Gasteiger partial charge on any atom is -0.315 e. The molecule has 0 saturated heterocycles. The van der Waals surface area contributed by atoms with E-state index in [1.165, 1.54) is 4.90 Å². The molecule has 0 heterocycles. The van der Waals surface area contributed by atoms with Gasteiger partial charge in [0, 0.05) is 24.2 Å². The number of hydrogen-bond acceptors (Lipinski definition) is 3. The van der Waals surface area contributed by atoms with Gasteiger partial charge in [-0.2, -0.15) is 0 Å². The van der Waals surface area contributed by atoms with Gasteiger partial charge in [0.15, 0.2) is 0 Å². The molecule has 0 saturated carbocycles. The summed E-state index contributed by atoms with van der Waals surface area (Å²) in [7, 11) is -1.81. The number of sulfonamides is 1. The minimum atomic E-state index is -3.47. The number of benzene rings is 2. The van der Waals surface area contributed by atoms with Crippen molar-refractivity contribution in [2.24, 2.45) is 0 Å². The average Bonchev–Trinajstić information content (AvgIpc) is 2.53. The van der Waals surface area contributed by atoms with Crippen LogP contribution in [0.3, 0.4) is 0 Å². The third-order valence-corrected chi connectivity index (χ3v) is 4.49. The number of halogens is 1. The van der Waals surface area contributed by atoms with Crippen LogP contribution in [0.2, 0.25) is 5.02 Å². The normalized spacial score (nSPS) is 12.6. The molecule has 1 amide bonds. The summed E-state index contributed by atoms with van der Waals surface area (Å²) in [5, 5.41) is 0.546. The van der Waals surface area contributed by atoms with Crippen molar-refractivity contribution in [2.45, 2.75) is 12.5 Å². The maximum Gasteiger partial charge on any atom is 0.228 e. The molecule has 1 N–H and O–H groups in total. The summed E-state index contributed by atoms with van der Waals surface area (Å²) in [6, 6.07) is 15.3. The van der Waals surface area contributed by atoms with Crippen molar-refractivity contribution >= 4 is 33.2 Å². The molecule has 0 fully saturated rings. The lowest BCUT2D eigenvalue weighted by Crippen LogP contribution is -2.34. The zero-order valence-corrected chi connectivity index (χ0v) is 15.0. The SMILES string of the molecule is CN(C(=O)C[C@@H](NS(C)(=O)=O)c1ccc(Cl)cc1)c1ccccc1. The van der Waals surface area contributed by atoms with Crippen LogP contribution in [0.25, 0.3) is 0 Å². The van der Waals surface area contributed by atoms with E-state index in [2.05, 4.69) is 4.72 Å². The lowest BCUT2D eigenvalue weighted by atomic mass is 10.0. The number of rotatable bonds is 6. The number of carbonyl (C=O) groups is 1. The van der Waals surface area contributed by atoms with Gasteiger partial charge in [0.1, 0.15) is 0 Å². The Morgan fingerprint density at radius 1 is 1.12 bits per heavy atom. The first-order valence-electron chi connectivity index (χ1n) is 7.30. The summed E-state index contributed by atoms with van der Waals surface area (Å²) in [6.07, 6.45) is 1.07. The van der Waals surface area contributed by atoms with Crippen LogP contribution >= 0.6 is 11.6 Å². The number of hydrogen-bond donors (Lipinski definition) is 1. The molecular weight excluding hydrogens is 348 g/mol. The predicted molar refractivity (Wildman–Crippen MR) is 96.6 cm³/mol. The van der Waals surface area contributed by atoms with Gasteiger partial charge >= 0.3 is 0 Å². The Kier molecular flexibility index (Phi) is 5.99. The van der Waals surface area contributed by atoms with E-state index >= 15 is 0 Å². The van der Waals surface area contributed by atoms with Crippen LogP contribution in [0.15, 0.2) is 54.6 Å². The molecular formula is C17H19ClN2O3S. The minimum absolute atomic E-state index is 0.0000959. The van der Waals surface area contributed by atoms with Crippen molar-refractivity contribution in [3.63, 3.8) is 0 Å². The summed E-state index contributed by atoms with van der Waals surface area (Å²) in [5.74, 6) is -0.197. The standard InChI is InChI=1S/C17H19ClN2O3S/c1-20(15-6-4-3-5-7-15)17(21)12-16(19-24(2,22)23)13-8-10-14(18)11-9-13/h3-11,16,19H,12H2,1-2H3/t16-/m1/s1. The topological polar surface area (TPSA) is 66.5 Å². The van der Waals surface area contributed by atoms with Crippen molar-refractivity contribution in [1.29, 1.82) is 0 Å². The second kappa shape index (κ2) is 7.79. The third-order valence-electron chi connectivity index (χ3n) is 3.53. The van der Waals surface area contributed by atoms with Crippen LogP contribution in [0.1, 0.15) is 18.0 Å². The van der Waals surface area contributed by atoms with Gasteiger partial charge in [0.05, 0.1) is 12.3 Å². The second-order valence-corrected chi connectivity index (χ2v) is 7.70. The van der Waals surface area contributed by atoms with Crippen molar-refractivity contribution in [1.82, 2.24) is 4.72 Å². The maximum atomic E-state index is 12.5. The van der Waals surface area contributed by atoms with Gasteiger partial charge in [-0.15, -0.1) is 0 Å². The Bertz CT molecular complexity index is 792. The van der Waals surface area contributed by atoms with Gasteiger partial charge in [0.2, 0.25) is 15.9 Å². The number of nitrogens with zero attached hydrogens (tertiary/aromatic N) is 1. The van der Waals surface area contributed by atoms with Gasteiger partial charge in [0.25, 0.3) is 0 Å². The molecule has 0 aliphatic rings. The predicted octanol–water partition coefficient (Wildman–Crippen LogP) is 2.98. The molecule has 2 aromatic rings. The van der Waals surface area contributed by atoms with Gasteiger partial charge in [-0.3, -0.25) is 4.79 Å². The number of anilines is 1. The second-order valence-electron chi connectivity index (χ2n) is 5.49. The Balaban J connectivity index is 2.21. The van der Waals surface area contributed by atoms with E-state index in [0.717, 1.165) is 11.9 Å². The van der Waals surface area contributed by atoms with E-state index in [1.807, 2.05) is 30.3 Å². The molecule has 128 valence electrons. The Morgan fingerprint density at radius 2 is 1.71 bits per heavy atom. The van der Waals surface area contributed by atoms with E-state index in [0.29, 0.717) is 10.6 Å². The number of carbonyl (C=O) groups excluding carboxylic acids is 1. The maximum absolute atomic E-state index is 12.5. The largest absolute Gasteiger partial charge is 0.315 e. The fraction of sp³-hybridized carbons (Fsp3) is 0.235. The molecule has 0 unspecified atom stereocenters. The first-order chi connectivity index (χ1) is 11.3. The van der Waals surface area contributed by atoms with Crippen LogP contribution in [-0.2, 0) is 14.8 Å². The number of nitrogens with one attached hydrogen (secondary N) is 1. The highest BCUT2D eigenvalue weighted by molar-refractivity contribution is 7.88. The van der Waals surface area contributed by atoms with Crippen molar-refractivity contribution in [3.8, 4) is 0 Å². The lowest BCUT2D eigenvalue weighted by Gasteiger charge is -2.22. The highest BCUT2D eigenvalue weighted by atomic mass is 35.5. The average molecular weight is 367 g/mol. The highest BCUT2D eigenvalue weighted by Gasteiger charge is 2.22. The molecule has 1 atom stereocenters. The quantitative estimate of drug-likeness (QED) is 0.854. The summed E-state index contributed by atoms with van der Waals surface area (Å²) in [4.78, 5) is 14.1.